The standard InChI is InChI=1S/C22H31N5O4S/c1-22(2)17-12-23-20(24-16-8-10-32(30,31)11-9-16)25-18(17)13-27(22)21(29)26-19(14-28)15-6-4-3-5-7-15/h3-7,12,16,19,28,30-31H,8-11,13-14H2,1-2H3,(H,26,29)(H,23,24,25). The van der Waals surface area contributed by atoms with Gasteiger partial charge in [0.1, 0.15) is 0 Å². The van der Waals surface area contributed by atoms with E-state index in [4.69, 9.17) is 0 Å². The van der Waals surface area contributed by atoms with Crippen LogP contribution in [0.4, 0.5) is 10.7 Å². The number of aromatic nitrogens is 2. The van der Waals surface area contributed by atoms with Crippen LogP contribution in [0.15, 0.2) is 36.5 Å². The monoisotopic (exact) mass is 461 g/mol. The van der Waals surface area contributed by atoms with Crippen molar-refractivity contribution in [2.24, 2.45) is 0 Å². The zero-order valence-electron chi connectivity index (χ0n) is 18.4. The van der Waals surface area contributed by atoms with Crippen molar-refractivity contribution in [2.45, 2.75) is 50.9 Å². The quantitative estimate of drug-likeness (QED) is 0.462. The Kier molecular flexibility index (Phi) is 6.30. The molecule has 0 aliphatic carbocycles. The molecule has 0 radical (unpaired) electrons. The fourth-order valence-electron chi connectivity index (χ4n) is 4.32. The van der Waals surface area contributed by atoms with Crippen LogP contribution in [0, 0.1) is 0 Å². The molecule has 9 nitrogen and oxygen atoms in total. The Morgan fingerprint density at radius 1 is 1.25 bits per heavy atom. The first-order valence-corrected chi connectivity index (χ1v) is 12.7. The Bertz CT molecular complexity index is 962. The number of nitrogens with zero attached hydrogens (tertiary/aromatic N) is 3. The van der Waals surface area contributed by atoms with Crippen molar-refractivity contribution < 1.29 is 19.0 Å². The van der Waals surface area contributed by atoms with Gasteiger partial charge in [0, 0.05) is 29.3 Å². The normalized spacial score (nSPS) is 21.5. The molecule has 10 heteroatoms. The van der Waals surface area contributed by atoms with Crippen LogP contribution in [0.25, 0.3) is 0 Å². The van der Waals surface area contributed by atoms with E-state index in [1.165, 1.54) is 0 Å². The van der Waals surface area contributed by atoms with Gasteiger partial charge in [0.15, 0.2) is 0 Å². The molecule has 2 aliphatic rings. The van der Waals surface area contributed by atoms with Crippen LogP contribution in [-0.4, -0.2) is 59.3 Å². The lowest BCUT2D eigenvalue weighted by atomic mass is 9.97. The number of amides is 2. The minimum Gasteiger partial charge on any atom is -0.394 e. The van der Waals surface area contributed by atoms with Gasteiger partial charge in [0.2, 0.25) is 5.95 Å². The summed E-state index contributed by atoms with van der Waals surface area (Å²) in [5.74, 6) is 1.27. The van der Waals surface area contributed by atoms with Crippen LogP contribution in [0.1, 0.15) is 49.6 Å². The van der Waals surface area contributed by atoms with E-state index in [1.54, 1.807) is 11.1 Å². The van der Waals surface area contributed by atoms with Gasteiger partial charge in [-0.15, -0.1) is 0 Å². The molecule has 1 aromatic heterocycles. The summed E-state index contributed by atoms with van der Waals surface area (Å²) in [6.07, 6.45) is 3.07. The number of aliphatic hydroxyl groups is 1. The number of hydrogen-bond donors (Lipinski definition) is 5. The van der Waals surface area contributed by atoms with Crippen molar-refractivity contribution >= 4 is 22.6 Å². The molecule has 4 rings (SSSR count). The second kappa shape index (κ2) is 8.86. The Morgan fingerprint density at radius 2 is 1.94 bits per heavy atom. The van der Waals surface area contributed by atoms with E-state index < -0.39 is 22.2 Å². The van der Waals surface area contributed by atoms with Gasteiger partial charge in [0.05, 0.1) is 30.4 Å². The third-order valence-corrected chi connectivity index (χ3v) is 8.14. The molecular formula is C22H31N5O4S. The smallest absolute Gasteiger partial charge is 0.319 e. The summed E-state index contributed by atoms with van der Waals surface area (Å²) >= 11 is 0. The maximum atomic E-state index is 13.1. The van der Waals surface area contributed by atoms with Crippen LogP contribution < -0.4 is 10.6 Å². The van der Waals surface area contributed by atoms with Gasteiger partial charge in [0.25, 0.3) is 0 Å². The van der Waals surface area contributed by atoms with Crippen molar-refractivity contribution in [3.05, 3.63) is 53.3 Å². The summed E-state index contributed by atoms with van der Waals surface area (Å²) in [5, 5.41) is 16.0. The molecule has 1 saturated heterocycles. The summed E-state index contributed by atoms with van der Waals surface area (Å²) < 4.78 is 19.6. The van der Waals surface area contributed by atoms with Crippen LogP contribution >= 0.6 is 10.6 Å². The largest absolute Gasteiger partial charge is 0.394 e. The number of hydrogen-bond acceptors (Lipinski definition) is 7. The van der Waals surface area contributed by atoms with E-state index in [0.717, 1.165) is 16.8 Å². The molecule has 0 bridgehead atoms. The number of rotatable bonds is 5. The van der Waals surface area contributed by atoms with E-state index in [2.05, 4.69) is 20.6 Å². The average molecular weight is 462 g/mol. The summed E-state index contributed by atoms with van der Waals surface area (Å²) in [6.45, 7) is 4.05. The molecule has 0 spiro atoms. The molecule has 3 heterocycles. The highest BCUT2D eigenvalue weighted by Gasteiger charge is 2.42. The highest BCUT2D eigenvalue weighted by atomic mass is 32.3. The van der Waals surface area contributed by atoms with Gasteiger partial charge in [-0.3, -0.25) is 9.11 Å². The van der Waals surface area contributed by atoms with Gasteiger partial charge in [-0.2, -0.15) is 10.6 Å². The molecule has 174 valence electrons. The molecule has 1 fully saturated rings. The van der Waals surface area contributed by atoms with Crippen LogP contribution in [0.3, 0.4) is 0 Å². The topological polar surface area (TPSA) is 131 Å². The van der Waals surface area contributed by atoms with E-state index in [1.807, 2.05) is 44.2 Å². The molecule has 2 aromatic rings. The molecule has 0 saturated carbocycles. The number of fused-ring (bicyclic) bond motifs is 1. The van der Waals surface area contributed by atoms with Gasteiger partial charge >= 0.3 is 6.03 Å². The fourth-order valence-corrected chi connectivity index (χ4v) is 5.85. The van der Waals surface area contributed by atoms with Gasteiger partial charge in [-0.05, 0) is 32.3 Å². The maximum absolute atomic E-state index is 13.1. The molecule has 2 amide bonds. The first-order valence-electron chi connectivity index (χ1n) is 10.8. The second-order valence-electron chi connectivity index (χ2n) is 8.92. The second-order valence-corrected chi connectivity index (χ2v) is 11.3. The lowest BCUT2D eigenvalue weighted by Gasteiger charge is -2.39. The highest BCUT2D eigenvalue weighted by molar-refractivity contribution is 8.24. The summed E-state index contributed by atoms with van der Waals surface area (Å²) in [7, 11) is -2.43. The zero-order valence-corrected chi connectivity index (χ0v) is 19.2. The number of carbonyl (C=O) groups is 1. The number of nitrogens with one attached hydrogen (secondary N) is 2. The SMILES string of the molecule is CC1(C)c2cnc(NC3CCS(O)(O)CC3)nc2CN1C(=O)NC(CO)c1ccccc1. The summed E-state index contributed by atoms with van der Waals surface area (Å²) in [4.78, 5) is 23.9. The van der Waals surface area contributed by atoms with Crippen molar-refractivity contribution in [1.82, 2.24) is 20.2 Å². The van der Waals surface area contributed by atoms with Crippen LogP contribution in [0.2, 0.25) is 0 Å². The number of aliphatic hydroxyl groups excluding tert-OH is 1. The van der Waals surface area contributed by atoms with Crippen LogP contribution in [0.5, 0.6) is 0 Å². The van der Waals surface area contributed by atoms with E-state index >= 15 is 0 Å². The van der Waals surface area contributed by atoms with Crippen molar-refractivity contribution in [3.63, 3.8) is 0 Å². The van der Waals surface area contributed by atoms with Crippen molar-refractivity contribution in [1.29, 1.82) is 0 Å². The Hall–Kier alpha value is -2.40. The third-order valence-electron chi connectivity index (χ3n) is 6.36. The van der Waals surface area contributed by atoms with E-state index in [9.17, 15) is 19.0 Å². The summed E-state index contributed by atoms with van der Waals surface area (Å²) in [5.41, 5.74) is 1.91. The first kappa shape index (κ1) is 22.8. The lowest BCUT2D eigenvalue weighted by molar-refractivity contribution is 0.136. The van der Waals surface area contributed by atoms with Crippen molar-refractivity contribution in [3.8, 4) is 0 Å². The number of benzene rings is 1. The first-order chi connectivity index (χ1) is 15.2. The third kappa shape index (κ3) is 4.68. The Balaban J connectivity index is 1.45. The van der Waals surface area contributed by atoms with E-state index in [-0.39, 0.29) is 18.7 Å². The molecule has 1 unspecified atom stereocenters. The molecule has 1 aromatic carbocycles. The average Bonchev–Trinajstić information content (AvgIpc) is 3.04. The Morgan fingerprint density at radius 3 is 2.59 bits per heavy atom. The zero-order chi connectivity index (χ0) is 22.9. The fraction of sp³-hybridized carbons (Fsp3) is 0.500. The van der Waals surface area contributed by atoms with Gasteiger partial charge in [-0.1, -0.05) is 30.3 Å². The van der Waals surface area contributed by atoms with Gasteiger partial charge in [-0.25, -0.2) is 14.8 Å². The molecule has 2 aliphatic heterocycles. The Labute approximate surface area is 189 Å². The molecule has 32 heavy (non-hydrogen) atoms. The molecule has 1 atom stereocenters. The lowest BCUT2D eigenvalue weighted by Crippen LogP contribution is -2.47. The number of carbonyl (C=O) groups excluding carboxylic acids is 1. The number of anilines is 1. The maximum Gasteiger partial charge on any atom is 0.319 e. The highest BCUT2D eigenvalue weighted by Crippen LogP contribution is 2.44. The minimum absolute atomic E-state index is 0.0953. The molecular weight excluding hydrogens is 430 g/mol. The minimum atomic E-state index is -2.43. The van der Waals surface area contributed by atoms with Crippen LogP contribution in [-0.2, 0) is 12.1 Å². The van der Waals surface area contributed by atoms with Gasteiger partial charge < -0.3 is 20.6 Å². The van der Waals surface area contributed by atoms with Crippen molar-refractivity contribution in [2.75, 3.05) is 23.4 Å². The number of urea groups is 1. The predicted octanol–water partition coefficient (Wildman–Crippen LogP) is 3.30. The van der Waals surface area contributed by atoms with E-state index in [0.29, 0.717) is 36.8 Å². The predicted molar refractivity (Wildman–Crippen MR) is 125 cm³/mol. The molecule has 5 N–H and O–H groups in total. The summed E-state index contributed by atoms with van der Waals surface area (Å²) in [6, 6.07) is 8.71.